The van der Waals surface area contributed by atoms with Crippen molar-refractivity contribution in [3.63, 3.8) is 0 Å². The van der Waals surface area contributed by atoms with Gasteiger partial charge in [-0.2, -0.15) is 0 Å². The first-order valence-electron chi connectivity index (χ1n) is 8.37. The molecule has 0 unspecified atom stereocenters. The number of morpholine rings is 1. The molecule has 3 rings (SSSR count). The number of nitrogens with zero attached hydrogens (tertiary/aromatic N) is 1. The third-order valence-corrected chi connectivity index (χ3v) is 6.39. The number of carbonyl (C=O) groups is 1. The summed E-state index contributed by atoms with van der Waals surface area (Å²) in [6, 6.07) is 8.70. The lowest BCUT2D eigenvalue weighted by molar-refractivity contribution is -0.121. The summed E-state index contributed by atoms with van der Waals surface area (Å²) in [5.41, 5.74) is 0. The Morgan fingerprint density at radius 2 is 2.04 bits per heavy atom. The molecule has 1 amide bonds. The summed E-state index contributed by atoms with van der Waals surface area (Å²) in [6.45, 7) is 4.46. The van der Waals surface area contributed by atoms with Crippen LogP contribution in [-0.2, 0) is 19.4 Å². The lowest BCUT2D eigenvalue weighted by Gasteiger charge is -2.33. The number of sulfone groups is 1. The highest BCUT2D eigenvalue weighted by Gasteiger charge is 2.36. The van der Waals surface area contributed by atoms with Gasteiger partial charge in [-0.1, -0.05) is 18.2 Å². The molecular weight excluding hydrogens is 328 g/mol. The van der Waals surface area contributed by atoms with Crippen molar-refractivity contribution in [2.45, 2.75) is 42.8 Å². The van der Waals surface area contributed by atoms with Crippen LogP contribution in [0.4, 0.5) is 0 Å². The first-order chi connectivity index (χ1) is 11.4. The van der Waals surface area contributed by atoms with Crippen LogP contribution >= 0.6 is 0 Å². The van der Waals surface area contributed by atoms with Crippen molar-refractivity contribution in [1.82, 2.24) is 10.2 Å². The molecule has 3 atom stereocenters. The Morgan fingerprint density at radius 1 is 1.29 bits per heavy atom. The quantitative estimate of drug-likeness (QED) is 0.849. The number of hydrogen-bond donors (Lipinski definition) is 1. The molecular formula is C17H24N2O4S. The number of ether oxygens (including phenoxy) is 1. The van der Waals surface area contributed by atoms with Gasteiger partial charge in [-0.05, 0) is 25.5 Å². The molecule has 2 aliphatic heterocycles. The molecule has 1 aromatic rings. The second kappa shape index (κ2) is 7.21. The summed E-state index contributed by atoms with van der Waals surface area (Å²) >= 11 is 0. The molecule has 2 heterocycles. The van der Waals surface area contributed by atoms with E-state index in [0.29, 0.717) is 12.6 Å². The fourth-order valence-corrected chi connectivity index (χ4v) is 4.68. The summed E-state index contributed by atoms with van der Waals surface area (Å²) in [5, 5.41) is 2.97. The number of fused-ring (bicyclic) bond motifs is 1. The fraction of sp³-hybridized carbons (Fsp3) is 0.588. The smallest absolute Gasteiger partial charge is 0.221 e. The Bertz CT molecular complexity index is 677. The maximum atomic E-state index is 12.2. The maximum Gasteiger partial charge on any atom is 0.221 e. The van der Waals surface area contributed by atoms with Crippen LogP contribution in [-0.4, -0.2) is 62.9 Å². The number of benzene rings is 1. The van der Waals surface area contributed by atoms with E-state index in [0.717, 1.165) is 19.5 Å². The maximum absolute atomic E-state index is 12.2. The number of amides is 1. The molecule has 0 radical (unpaired) electrons. The van der Waals surface area contributed by atoms with Crippen LogP contribution in [0, 0.1) is 0 Å². The molecule has 1 N–H and O–H groups in total. The van der Waals surface area contributed by atoms with Crippen LogP contribution in [0.2, 0.25) is 0 Å². The molecule has 6 nitrogen and oxygen atoms in total. The SMILES string of the molecule is C[C@@H]1CN2C[C@@H](NC(=O)CCS(=O)(=O)c3ccccc3)C[C@H]2CO1. The zero-order valence-electron chi connectivity index (χ0n) is 13.8. The normalized spacial score (nSPS) is 27.6. The fourth-order valence-electron chi connectivity index (χ4n) is 3.42. The van der Waals surface area contributed by atoms with Crippen molar-refractivity contribution in [3.8, 4) is 0 Å². The van der Waals surface area contributed by atoms with Gasteiger partial charge in [0.1, 0.15) is 0 Å². The zero-order valence-corrected chi connectivity index (χ0v) is 14.7. The molecule has 24 heavy (non-hydrogen) atoms. The van der Waals surface area contributed by atoms with E-state index in [1.165, 1.54) is 0 Å². The predicted octanol–water partition coefficient (Wildman–Crippen LogP) is 0.828. The number of rotatable bonds is 5. The van der Waals surface area contributed by atoms with E-state index in [-0.39, 0.29) is 35.1 Å². The Morgan fingerprint density at radius 3 is 2.79 bits per heavy atom. The van der Waals surface area contributed by atoms with Crippen molar-refractivity contribution >= 4 is 15.7 Å². The summed E-state index contributed by atoms with van der Waals surface area (Å²) in [6.07, 6.45) is 1.08. The molecule has 2 aliphatic rings. The first-order valence-corrected chi connectivity index (χ1v) is 10.0. The third-order valence-electron chi connectivity index (χ3n) is 4.66. The highest BCUT2D eigenvalue weighted by atomic mass is 32.2. The van der Waals surface area contributed by atoms with Crippen LogP contribution in [0.3, 0.4) is 0 Å². The van der Waals surface area contributed by atoms with Gasteiger partial charge in [0, 0.05) is 31.6 Å². The van der Waals surface area contributed by atoms with E-state index in [4.69, 9.17) is 4.74 Å². The van der Waals surface area contributed by atoms with Crippen LogP contribution in [0.15, 0.2) is 35.2 Å². The van der Waals surface area contributed by atoms with E-state index < -0.39 is 9.84 Å². The summed E-state index contributed by atoms with van der Waals surface area (Å²) in [5.74, 6) is -0.364. The minimum Gasteiger partial charge on any atom is -0.376 e. The predicted molar refractivity (Wildman–Crippen MR) is 90.4 cm³/mol. The minimum atomic E-state index is -3.41. The standard InChI is InChI=1S/C17H24N2O4S/c1-13-10-19-11-14(9-15(19)12-23-13)18-17(20)7-8-24(21,22)16-5-3-2-4-6-16/h2-6,13-15H,7-12H2,1H3,(H,18,20)/t13-,14+,15+/m1/s1. The highest BCUT2D eigenvalue weighted by Crippen LogP contribution is 2.23. The van der Waals surface area contributed by atoms with Gasteiger partial charge in [-0.3, -0.25) is 9.69 Å². The van der Waals surface area contributed by atoms with E-state index in [2.05, 4.69) is 17.1 Å². The Kier molecular flexibility index (Phi) is 5.22. The van der Waals surface area contributed by atoms with Gasteiger partial charge in [-0.25, -0.2) is 8.42 Å². The van der Waals surface area contributed by atoms with Crippen molar-refractivity contribution in [3.05, 3.63) is 30.3 Å². The first kappa shape index (κ1) is 17.4. The summed E-state index contributed by atoms with van der Waals surface area (Å²) < 4.78 is 30.1. The topological polar surface area (TPSA) is 75.7 Å². The molecule has 0 spiro atoms. The molecule has 2 saturated heterocycles. The summed E-state index contributed by atoms with van der Waals surface area (Å²) in [7, 11) is -3.41. The lowest BCUT2D eigenvalue weighted by atomic mass is 10.1. The molecule has 0 bridgehead atoms. The largest absolute Gasteiger partial charge is 0.376 e. The Hall–Kier alpha value is -1.44. The lowest BCUT2D eigenvalue weighted by Crippen LogP contribution is -2.45. The Balaban J connectivity index is 1.48. The second-order valence-electron chi connectivity index (χ2n) is 6.63. The van der Waals surface area contributed by atoms with Gasteiger partial charge in [0.25, 0.3) is 0 Å². The molecule has 7 heteroatoms. The van der Waals surface area contributed by atoms with Gasteiger partial charge in [-0.15, -0.1) is 0 Å². The zero-order chi connectivity index (χ0) is 17.2. The van der Waals surface area contributed by atoms with Gasteiger partial charge in [0.15, 0.2) is 9.84 Å². The minimum absolute atomic E-state index is 0.00863. The van der Waals surface area contributed by atoms with Crippen molar-refractivity contribution in [1.29, 1.82) is 0 Å². The molecule has 0 aromatic heterocycles. The third kappa shape index (κ3) is 4.15. The van der Waals surface area contributed by atoms with Gasteiger partial charge >= 0.3 is 0 Å². The van der Waals surface area contributed by atoms with Gasteiger partial charge in [0.05, 0.1) is 23.4 Å². The van der Waals surface area contributed by atoms with Crippen LogP contribution < -0.4 is 5.32 Å². The van der Waals surface area contributed by atoms with Crippen LogP contribution in [0.25, 0.3) is 0 Å². The average molecular weight is 352 g/mol. The molecule has 0 saturated carbocycles. The van der Waals surface area contributed by atoms with E-state index >= 15 is 0 Å². The molecule has 1 aromatic carbocycles. The number of nitrogens with one attached hydrogen (secondary N) is 1. The molecule has 2 fully saturated rings. The molecule has 0 aliphatic carbocycles. The van der Waals surface area contributed by atoms with Crippen LogP contribution in [0.5, 0.6) is 0 Å². The van der Waals surface area contributed by atoms with Crippen molar-refractivity contribution < 1.29 is 17.9 Å². The van der Waals surface area contributed by atoms with Gasteiger partial charge in [0.2, 0.25) is 5.91 Å². The van der Waals surface area contributed by atoms with E-state index in [1.807, 2.05) is 0 Å². The average Bonchev–Trinajstić information content (AvgIpc) is 2.95. The van der Waals surface area contributed by atoms with E-state index in [1.54, 1.807) is 30.3 Å². The van der Waals surface area contributed by atoms with Crippen molar-refractivity contribution in [2.24, 2.45) is 0 Å². The summed E-state index contributed by atoms with van der Waals surface area (Å²) in [4.78, 5) is 14.7. The molecule has 132 valence electrons. The second-order valence-corrected chi connectivity index (χ2v) is 8.74. The van der Waals surface area contributed by atoms with Crippen molar-refractivity contribution in [2.75, 3.05) is 25.4 Å². The van der Waals surface area contributed by atoms with Gasteiger partial charge < -0.3 is 10.1 Å². The van der Waals surface area contributed by atoms with E-state index in [9.17, 15) is 13.2 Å². The monoisotopic (exact) mass is 352 g/mol. The number of carbonyl (C=O) groups excluding carboxylic acids is 1. The number of hydrogen-bond acceptors (Lipinski definition) is 5. The Labute approximate surface area is 143 Å². The highest BCUT2D eigenvalue weighted by molar-refractivity contribution is 7.91. The van der Waals surface area contributed by atoms with Crippen LogP contribution in [0.1, 0.15) is 19.8 Å².